The molecular weight excluding hydrogens is 356 g/mol. The Hall–Kier alpha value is -2.55. The number of likely N-dealkylation sites (tertiary alicyclic amines) is 1. The van der Waals surface area contributed by atoms with Gasteiger partial charge in [-0.05, 0) is 5.56 Å². The summed E-state index contributed by atoms with van der Waals surface area (Å²) in [4.78, 5) is 49.8. The smallest absolute Gasteiger partial charge is 0.315 e. The van der Waals surface area contributed by atoms with Crippen molar-refractivity contribution in [1.29, 1.82) is 0 Å². The van der Waals surface area contributed by atoms with Crippen LogP contribution in [0.5, 0.6) is 0 Å². The average molecular weight is 376 g/mol. The minimum absolute atomic E-state index is 0.00411. The molecule has 1 aromatic rings. The van der Waals surface area contributed by atoms with E-state index in [9.17, 15) is 19.2 Å². The summed E-state index contributed by atoms with van der Waals surface area (Å²) < 4.78 is 0. The van der Waals surface area contributed by atoms with Gasteiger partial charge in [0.05, 0.1) is 11.8 Å². The first-order chi connectivity index (χ1) is 12.5. The fourth-order valence-electron chi connectivity index (χ4n) is 2.94. The maximum Gasteiger partial charge on any atom is 0.315 e. The Balaban J connectivity index is 1.40. The number of benzene rings is 1. The molecule has 8 nitrogen and oxygen atoms in total. The lowest BCUT2D eigenvalue weighted by Gasteiger charge is -2.18. The van der Waals surface area contributed by atoms with E-state index in [4.69, 9.17) is 0 Å². The van der Waals surface area contributed by atoms with Crippen molar-refractivity contribution in [2.24, 2.45) is 0 Å². The quantitative estimate of drug-likeness (QED) is 0.765. The molecule has 2 aliphatic rings. The van der Waals surface area contributed by atoms with Crippen molar-refractivity contribution < 1.29 is 19.2 Å². The van der Waals surface area contributed by atoms with E-state index < -0.39 is 6.03 Å². The molecule has 0 saturated carbocycles. The number of carbonyl (C=O) groups is 4. The van der Waals surface area contributed by atoms with E-state index >= 15 is 0 Å². The van der Waals surface area contributed by atoms with Crippen molar-refractivity contribution in [2.45, 2.75) is 19.0 Å². The third kappa shape index (κ3) is 4.54. The lowest BCUT2D eigenvalue weighted by molar-refractivity contribution is -0.128. The van der Waals surface area contributed by atoms with E-state index in [-0.39, 0.29) is 48.4 Å². The first-order valence-corrected chi connectivity index (χ1v) is 9.34. The second-order valence-corrected chi connectivity index (χ2v) is 7.09. The number of imide groups is 1. The Morgan fingerprint density at radius 3 is 2.62 bits per heavy atom. The third-order valence-electron chi connectivity index (χ3n) is 4.23. The van der Waals surface area contributed by atoms with Crippen molar-refractivity contribution in [3.63, 3.8) is 0 Å². The minimum Gasteiger partial charge on any atom is -0.336 e. The maximum absolute atomic E-state index is 12.1. The van der Waals surface area contributed by atoms with Crippen LogP contribution in [0, 0.1) is 0 Å². The van der Waals surface area contributed by atoms with Crippen molar-refractivity contribution in [1.82, 2.24) is 20.4 Å². The number of nitrogens with one attached hydrogen (secondary N) is 2. The van der Waals surface area contributed by atoms with Crippen LogP contribution in [0.4, 0.5) is 9.59 Å². The molecule has 0 spiro atoms. The number of thioether (sulfide) groups is 1. The van der Waals surface area contributed by atoms with Gasteiger partial charge in [-0.1, -0.05) is 42.1 Å². The number of hydrogen-bond acceptors (Lipinski definition) is 5. The molecule has 138 valence electrons. The molecule has 2 heterocycles. The number of carbonyl (C=O) groups excluding carboxylic acids is 4. The molecule has 0 aliphatic carbocycles. The summed E-state index contributed by atoms with van der Waals surface area (Å²) in [6.07, 6.45) is 0.264. The minimum atomic E-state index is -0.406. The Morgan fingerprint density at radius 1 is 1.15 bits per heavy atom. The van der Waals surface area contributed by atoms with Gasteiger partial charge in [-0.3, -0.25) is 19.3 Å². The van der Waals surface area contributed by atoms with E-state index in [1.54, 1.807) is 4.90 Å². The van der Waals surface area contributed by atoms with Gasteiger partial charge in [-0.15, -0.1) is 0 Å². The normalized spacial score (nSPS) is 20.0. The summed E-state index contributed by atoms with van der Waals surface area (Å²) in [6, 6.07) is 9.03. The fraction of sp³-hybridized carbons (Fsp3) is 0.412. The topological polar surface area (TPSA) is 98.8 Å². The van der Waals surface area contributed by atoms with Crippen molar-refractivity contribution in [2.75, 3.05) is 25.4 Å². The Morgan fingerprint density at radius 2 is 1.92 bits per heavy atom. The van der Waals surface area contributed by atoms with Gasteiger partial charge < -0.3 is 15.5 Å². The lowest BCUT2D eigenvalue weighted by Crippen LogP contribution is -2.46. The van der Waals surface area contributed by atoms with Crippen LogP contribution in [-0.4, -0.2) is 64.3 Å². The maximum atomic E-state index is 12.1. The molecule has 2 fully saturated rings. The van der Waals surface area contributed by atoms with Crippen LogP contribution in [-0.2, 0) is 16.1 Å². The molecule has 1 atom stereocenters. The Labute approximate surface area is 155 Å². The number of urea groups is 1. The van der Waals surface area contributed by atoms with Crippen LogP contribution in [0.1, 0.15) is 12.0 Å². The first-order valence-electron chi connectivity index (χ1n) is 8.36. The predicted molar refractivity (Wildman–Crippen MR) is 96.4 cm³/mol. The average Bonchev–Trinajstić information content (AvgIpc) is 3.11. The van der Waals surface area contributed by atoms with Gasteiger partial charge in [0.1, 0.15) is 0 Å². The zero-order valence-corrected chi connectivity index (χ0v) is 15.0. The Kier molecular flexibility index (Phi) is 5.77. The number of nitrogens with zero attached hydrogens (tertiary/aromatic N) is 2. The number of rotatable bonds is 6. The largest absolute Gasteiger partial charge is 0.336 e. The second kappa shape index (κ2) is 8.22. The summed E-state index contributed by atoms with van der Waals surface area (Å²) >= 11 is 0.966. The highest BCUT2D eigenvalue weighted by molar-refractivity contribution is 8.14. The molecule has 0 radical (unpaired) electrons. The highest BCUT2D eigenvalue weighted by Gasteiger charge is 2.31. The molecule has 1 aromatic carbocycles. The third-order valence-corrected chi connectivity index (χ3v) is 5.09. The van der Waals surface area contributed by atoms with Gasteiger partial charge in [0.25, 0.3) is 5.24 Å². The molecular formula is C17H20N4O4S. The molecule has 0 bridgehead atoms. The summed E-state index contributed by atoms with van der Waals surface area (Å²) in [5, 5.41) is 5.11. The summed E-state index contributed by atoms with van der Waals surface area (Å²) in [6.45, 7) is 1.32. The van der Waals surface area contributed by atoms with Crippen LogP contribution >= 0.6 is 11.8 Å². The molecule has 2 N–H and O–H groups in total. The van der Waals surface area contributed by atoms with Gasteiger partial charge in [-0.25, -0.2) is 4.79 Å². The zero-order valence-electron chi connectivity index (χ0n) is 14.1. The van der Waals surface area contributed by atoms with Crippen molar-refractivity contribution in [3.05, 3.63) is 35.9 Å². The SMILES string of the molecule is O=C(NCCN1C(=O)CSC1=O)NC1CC(=O)N(Cc2ccccc2)C1. The highest BCUT2D eigenvalue weighted by atomic mass is 32.2. The standard InChI is InChI=1S/C17H20N4O4S/c22-14-8-13(10-20(14)9-12-4-2-1-3-5-12)19-16(24)18-6-7-21-15(23)11-26-17(21)25/h1-5,13H,6-11H2,(H2,18,19,24). The van der Waals surface area contributed by atoms with E-state index in [1.165, 1.54) is 0 Å². The van der Waals surface area contributed by atoms with E-state index in [0.29, 0.717) is 13.1 Å². The van der Waals surface area contributed by atoms with Crippen molar-refractivity contribution in [3.8, 4) is 0 Å². The van der Waals surface area contributed by atoms with E-state index in [1.807, 2.05) is 30.3 Å². The lowest BCUT2D eigenvalue weighted by atomic mass is 10.2. The molecule has 1 unspecified atom stereocenters. The van der Waals surface area contributed by atoms with Crippen LogP contribution in [0.15, 0.2) is 30.3 Å². The second-order valence-electron chi connectivity index (χ2n) is 6.16. The van der Waals surface area contributed by atoms with Gasteiger partial charge >= 0.3 is 6.03 Å². The van der Waals surface area contributed by atoms with Gasteiger partial charge in [0, 0.05) is 32.6 Å². The van der Waals surface area contributed by atoms with Gasteiger partial charge in [0.2, 0.25) is 11.8 Å². The van der Waals surface area contributed by atoms with Crippen LogP contribution in [0.2, 0.25) is 0 Å². The van der Waals surface area contributed by atoms with Crippen LogP contribution < -0.4 is 10.6 Å². The molecule has 0 aromatic heterocycles. The predicted octanol–water partition coefficient (Wildman–Crippen LogP) is 0.782. The van der Waals surface area contributed by atoms with Crippen LogP contribution in [0.25, 0.3) is 0 Å². The van der Waals surface area contributed by atoms with Crippen LogP contribution in [0.3, 0.4) is 0 Å². The van der Waals surface area contributed by atoms with Gasteiger partial charge in [-0.2, -0.15) is 0 Å². The molecule has 5 amide bonds. The molecule has 26 heavy (non-hydrogen) atoms. The summed E-state index contributed by atoms with van der Waals surface area (Å²) in [7, 11) is 0. The number of hydrogen-bond donors (Lipinski definition) is 2. The highest BCUT2D eigenvalue weighted by Crippen LogP contribution is 2.18. The Bertz CT molecular complexity index is 696. The fourth-order valence-corrected chi connectivity index (χ4v) is 3.69. The molecule has 3 rings (SSSR count). The summed E-state index contributed by atoms with van der Waals surface area (Å²) in [5.41, 5.74) is 1.05. The number of amides is 5. The first kappa shape index (κ1) is 18.2. The monoisotopic (exact) mass is 376 g/mol. The van der Waals surface area contributed by atoms with Gasteiger partial charge in [0.15, 0.2) is 0 Å². The molecule has 9 heteroatoms. The molecule has 2 aliphatic heterocycles. The van der Waals surface area contributed by atoms with E-state index in [2.05, 4.69) is 10.6 Å². The zero-order chi connectivity index (χ0) is 18.5. The molecule has 2 saturated heterocycles. The van der Waals surface area contributed by atoms with E-state index in [0.717, 1.165) is 22.2 Å². The van der Waals surface area contributed by atoms with Crippen molar-refractivity contribution >= 4 is 34.8 Å². The summed E-state index contributed by atoms with van der Waals surface area (Å²) in [5.74, 6) is -0.0727.